The summed E-state index contributed by atoms with van der Waals surface area (Å²) < 4.78 is 5.00. The Kier molecular flexibility index (Phi) is 2.58. The third kappa shape index (κ3) is 1.30. The predicted octanol–water partition coefficient (Wildman–Crippen LogP) is 1.26. The van der Waals surface area contributed by atoms with Crippen molar-refractivity contribution < 1.29 is 25.0 Å². The number of carbonyl (C=O) groups excluding carboxylic acids is 2. The van der Waals surface area contributed by atoms with Gasteiger partial charge in [-0.25, -0.2) is 0 Å². The quantitative estimate of drug-likeness (QED) is 0.706. The van der Waals surface area contributed by atoms with Crippen LogP contribution in [-0.4, -0.2) is 8.53 Å². The molecule has 1 aliphatic carbocycles. The predicted molar refractivity (Wildman–Crippen MR) is 43.8 cm³/mol. The van der Waals surface area contributed by atoms with Gasteiger partial charge in [-0.05, 0) is 0 Å². The Hall–Kier alpha value is -1.07. The number of rotatable bonds is 2. The van der Waals surface area contributed by atoms with Crippen LogP contribution in [0.15, 0.2) is 28.0 Å². The van der Waals surface area contributed by atoms with Crippen molar-refractivity contribution in [3.63, 3.8) is 0 Å². The van der Waals surface area contributed by atoms with E-state index in [-0.39, 0.29) is 0 Å². The molecule has 0 atom stereocenters. The zero-order valence-corrected chi connectivity index (χ0v) is 9.82. The topological polar surface area (TPSA) is 63.6 Å². The van der Waals surface area contributed by atoms with Crippen LogP contribution in [0.25, 0.3) is 0 Å². The van der Waals surface area contributed by atoms with Gasteiger partial charge in [-0.15, -0.1) is 0 Å². The van der Waals surface area contributed by atoms with Crippen molar-refractivity contribution in [3.8, 4) is 0 Å². The van der Waals surface area contributed by atoms with Gasteiger partial charge in [0.05, 0.1) is 0 Å². The van der Waals surface area contributed by atoms with Crippen LogP contribution < -0.4 is 0 Å². The van der Waals surface area contributed by atoms with Gasteiger partial charge in [-0.3, -0.25) is 0 Å². The Morgan fingerprint density at radius 2 is 1.69 bits per heavy atom. The van der Waals surface area contributed by atoms with E-state index in [4.69, 9.17) is 0 Å². The van der Waals surface area contributed by atoms with E-state index in [0.29, 0.717) is 0 Å². The molecule has 5 heteroatoms. The monoisotopic (exact) mass is 349 g/mol. The van der Waals surface area contributed by atoms with Crippen LogP contribution in [0, 0.1) is 4.91 Å². The molecule has 68 valence electrons. The first kappa shape index (κ1) is 10.0. The fourth-order valence-electron chi connectivity index (χ4n) is 1.05. The Bertz CT molecular complexity index is 424. The number of nitrogens with zero attached hydrogens (tertiary/aromatic N) is 1. The summed E-state index contributed by atoms with van der Waals surface area (Å²) in [4.78, 5) is 31.8. The van der Waals surface area contributed by atoms with E-state index >= 15 is 0 Å². The number of hydrogen-bond donors (Lipinski definition) is 0. The van der Waals surface area contributed by atoms with Crippen LogP contribution in [0.5, 0.6) is 0 Å². The molecule has 0 N–H and O–H groups in total. The van der Waals surface area contributed by atoms with Gasteiger partial charge in [-0.1, -0.05) is 0 Å². The van der Waals surface area contributed by atoms with Gasteiger partial charge in [0.25, 0.3) is 0 Å². The molecule has 0 saturated heterocycles. The maximum absolute atomic E-state index is 10.6. The van der Waals surface area contributed by atoms with E-state index in [1.807, 2.05) is 0 Å². The van der Waals surface area contributed by atoms with E-state index in [1.165, 1.54) is 0 Å². The molecule has 4 nitrogen and oxygen atoms in total. The maximum atomic E-state index is 10.6. The van der Waals surface area contributed by atoms with Crippen LogP contribution in [0.2, 0.25) is 3.80 Å². The SMILES string of the molecule is C[C]1([W](=[C]=O)(=[C]=O)[N]=O)C=CC=C1. The van der Waals surface area contributed by atoms with Crippen LogP contribution in [0.1, 0.15) is 6.92 Å². The van der Waals surface area contributed by atoms with Crippen molar-refractivity contribution in [2.75, 3.05) is 0 Å². The number of hydrogen-bond acceptors (Lipinski definition) is 4. The average Bonchev–Trinajstić information content (AvgIpc) is 2.57. The summed E-state index contributed by atoms with van der Waals surface area (Å²) >= 11 is -4.40. The molecule has 0 unspecified atom stereocenters. The third-order valence-corrected chi connectivity index (χ3v) is 10.0. The first-order valence-corrected chi connectivity index (χ1v) is 9.18. The average molecular weight is 349 g/mol. The summed E-state index contributed by atoms with van der Waals surface area (Å²) in [6, 6.07) is 0. The van der Waals surface area contributed by atoms with E-state index < -0.39 is 19.2 Å². The van der Waals surface area contributed by atoms with Crippen LogP contribution in [0.4, 0.5) is 0 Å². The van der Waals surface area contributed by atoms with Crippen LogP contribution >= 0.6 is 0 Å². The molecule has 0 aromatic rings. The fraction of sp³-hybridized carbons (Fsp3) is 0.250. The van der Waals surface area contributed by atoms with Gasteiger partial charge in [0.1, 0.15) is 0 Å². The second kappa shape index (κ2) is 3.35. The molecule has 0 aromatic heterocycles. The number of nitroso groups, excluding NO2 is 1. The van der Waals surface area contributed by atoms with Gasteiger partial charge >= 0.3 is 77.2 Å². The Balaban J connectivity index is 3.62. The van der Waals surface area contributed by atoms with Crippen molar-refractivity contribution in [3.05, 3.63) is 29.2 Å². The summed E-state index contributed by atoms with van der Waals surface area (Å²) in [6.45, 7) is 1.64. The zero-order valence-electron chi connectivity index (χ0n) is 6.89. The Morgan fingerprint density at radius 3 is 2.00 bits per heavy atom. The molecule has 0 radical (unpaired) electrons. The molecule has 1 aliphatic rings. The molecule has 13 heavy (non-hydrogen) atoms. The molecular formula is C8H7NO3W. The zero-order chi connectivity index (χ0) is 9.95. The minimum atomic E-state index is -4.40. The summed E-state index contributed by atoms with van der Waals surface area (Å²) in [6.07, 6.45) is 6.65. The van der Waals surface area contributed by atoms with Gasteiger partial charge in [0.2, 0.25) is 0 Å². The molecule has 0 bridgehead atoms. The molecule has 0 aliphatic heterocycles. The molecule has 0 saturated carbocycles. The van der Waals surface area contributed by atoms with E-state index in [2.05, 4.69) is 3.74 Å². The summed E-state index contributed by atoms with van der Waals surface area (Å²) in [5.41, 5.74) is 0. The van der Waals surface area contributed by atoms with Crippen molar-refractivity contribution in [2.45, 2.75) is 10.7 Å². The fourth-order valence-corrected chi connectivity index (χ4v) is 5.24. The van der Waals surface area contributed by atoms with E-state index in [0.717, 1.165) is 0 Å². The Morgan fingerprint density at radius 1 is 1.23 bits per heavy atom. The van der Waals surface area contributed by atoms with Gasteiger partial charge in [-0.2, -0.15) is 0 Å². The second-order valence-electron chi connectivity index (χ2n) is 2.72. The summed E-state index contributed by atoms with van der Waals surface area (Å²) in [5, 5.41) is 0. The molecule has 0 aromatic carbocycles. The third-order valence-electron chi connectivity index (χ3n) is 1.95. The van der Waals surface area contributed by atoms with Crippen molar-refractivity contribution in [1.82, 2.24) is 0 Å². The molecular weight excluding hydrogens is 342 g/mol. The van der Waals surface area contributed by atoms with E-state index in [1.54, 1.807) is 39.8 Å². The summed E-state index contributed by atoms with van der Waals surface area (Å²) in [7, 11) is 0. The Labute approximate surface area is 77.4 Å². The van der Waals surface area contributed by atoms with Crippen LogP contribution in [0.3, 0.4) is 0 Å². The van der Waals surface area contributed by atoms with Crippen LogP contribution in [-0.2, 0) is 25.0 Å². The van der Waals surface area contributed by atoms with Crippen molar-refractivity contribution in [2.24, 2.45) is 3.74 Å². The van der Waals surface area contributed by atoms with Gasteiger partial charge < -0.3 is 0 Å². The number of allylic oxidation sites excluding steroid dienone is 4. The van der Waals surface area contributed by atoms with E-state index in [9.17, 15) is 14.5 Å². The van der Waals surface area contributed by atoms with Crippen molar-refractivity contribution in [1.29, 1.82) is 0 Å². The van der Waals surface area contributed by atoms with Crippen molar-refractivity contribution >= 4 is 8.53 Å². The van der Waals surface area contributed by atoms with Gasteiger partial charge in [0.15, 0.2) is 0 Å². The first-order chi connectivity index (χ1) is 6.14. The van der Waals surface area contributed by atoms with Gasteiger partial charge in [0, 0.05) is 0 Å². The standard InChI is InChI=1S/C6H7.2CO.NO.W/c1-6-4-2-3-5-6;3*1-2;/h2-5H,1H3;;;;/q;;;-1;+1. The first-order valence-electron chi connectivity index (χ1n) is 3.46. The minimum absolute atomic E-state index is 0.821. The molecule has 0 amide bonds. The molecule has 0 spiro atoms. The summed E-state index contributed by atoms with van der Waals surface area (Å²) in [5.74, 6) is 0. The molecule has 1 rings (SSSR count). The molecule has 0 heterocycles. The normalized spacial score (nSPS) is 17.9. The molecule has 0 fully saturated rings. The second-order valence-corrected chi connectivity index (χ2v) is 11.8.